The van der Waals surface area contributed by atoms with Gasteiger partial charge in [-0.2, -0.15) is 4.98 Å². The number of rotatable bonds is 9. The number of carbonyl (C=O) groups is 1. The molecule has 31 heavy (non-hydrogen) atoms. The molecule has 0 saturated heterocycles. The molecule has 0 fully saturated rings. The highest BCUT2D eigenvalue weighted by Gasteiger charge is 2.22. The second-order valence-corrected chi connectivity index (χ2v) is 7.29. The fraction of sp³-hybridized carbons (Fsp3) is 0.250. The Morgan fingerprint density at radius 2 is 1.90 bits per heavy atom. The van der Waals surface area contributed by atoms with Crippen molar-refractivity contribution in [2.24, 2.45) is 0 Å². The molecule has 1 aromatic carbocycles. The van der Waals surface area contributed by atoms with E-state index in [1.807, 2.05) is 12.3 Å². The molecule has 0 bridgehead atoms. The zero-order valence-electron chi connectivity index (χ0n) is 17.2. The molecule has 3 rings (SSSR count). The van der Waals surface area contributed by atoms with Gasteiger partial charge in [0.2, 0.25) is 5.88 Å². The summed E-state index contributed by atoms with van der Waals surface area (Å²) in [5.74, 6) is 1.17. The van der Waals surface area contributed by atoms with Crippen LogP contribution in [0.5, 0.6) is 11.6 Å². The van der Waals surface area contributed by atoms with Crippen LogP contribution in [-0.4, -0.2) is 46.3 Å². The summed E-state index contributed by atoms with van der Waals surface area (Å²) in [7, 11) is 3.01. The molecule has 0 saturated carbocycles. The van der Waals surface area contributed by atoms with E-state index in [2.05, 4.69) is 30.6 Å². The number of nitrogens with one attached hydrogen (secondary N) is 2. The van der Waals surface area contributed by atoms with E-state index in [9.17, 15) is 4.79 Å². The summed E-state index contributed by atoms with van der Waals surface area (Å²) in [6.45, 7) is 0.528. The van der Waals surface area contributed by atoms with Gasteiger partial charge in [-0.3, -0.25) is 4.79 Å². The Balaban J connectivity index is 1.85. The number of ether oxygens (including phenoxy) is 2. The number of hydrogen-bond donors (Lipinski definition) is 2. The van der Waals surface area contributed by atoms with Crippen molar-refractivity contribution in [3.05, 3.63) is 58.6 Å². The lowest BCUT2D eigenvalue weighted by molar-refractivity contribution is 0.0946. The molecule has 11 heteroatoms. The molecule has 0 aliphatic heterocycles. The summed E-state index contributed by atoms with van der Waals surface area (Å²) in [5, 5.41) is 6.93. The SMILES string of the molecule is COc1ccc(CNc2nc(SC)nc(OC)c2C(=O)NCc2ncccn2)cc1Cl. The summed E-state index contributed by atoms with van der Waals surface area (Å²) in [6.07, 6.45) is 5.06. The highest BCUT2D eigenvalue weighted by atomic mass is 35.5. The van der Waals surface area contributed by atoms with E-state index in [4.69, 9.17) is 21.1 Å². The molecule has 0 radical (unpaired) electrons. The maximum atomic E-state index is 13.0. The Hall–Kier alpha value is -3.11. The van der Waals surface area contributed by atoms with Crippen LogP contribution in [0.1, 0.15) is 21.7 Å². The number of amides is 1. The summed E-state index contributed by atoms with van der Waals surface area (Å²) in [4.78, 5) is 29.9. The Labute approximate surface area is 189 Å². The van der Waals surface area contributed by atoms with E-state index in [1.165, 1.54) is 18.9 Å². The molecule has 0 spiro atoms. The van der Waals surface area contributed by atoms with Gasteiger partial charge < -0.3 is 20.1 Å². The van der Waals surface area contributed by atoms with Crippen molar-refractivity contribution >= 4 is 35.1 Å². The minimum Gasteiger partial charge on any atom is -0.495 e. The highest BCUT2D eigenvalue weighted by molar-refractivity contribution is 7.98. The molecule has 0 unspecified atom stereocenters. The second-order valence-electron chi connectivity index (χ2n) is 6.11. The number of hydrogen-bond acceptors (Lipinski definition) is 9. The van der Waals surface area contributed by atoms with Crippen LogP contribution in [0.4, 0.5) is 5.82 Å². The number of nitrogens with zero attached hydrogens (tertiary/aromatic N) is 4. The smallest absolute Gasteiger partial charge is 0.260 e. The summed E-state index contributed by atoms with van der Waals surface area (Å²) >= 11 is 7.55. The molecule has 2 N–H and O–H groups in total. The van der Waals surface area contributed by atoms with Crippen molar-refractivity contribution < 1.29 is 14.3 Å². The van der Waals surface area contributed by atoms with Gasteiger partial charge in [-0.05, 0) is 30.0 Å². The van der Waals surface area contributed by atoms with Gasteiger partial charge in [-0.15, -0.1) is 0 Å². The first-order valence-corrected chi connectivity index (χ1v) is 10.8. The molecule has 162 valence electrons. The molecule has 1 amide bonds. The predicted octanol–water partition coefficient (Wildman–Crippen LogP) is 3.20. The zero-order valence-corrected chi connectivity index (χ0v) is 18.8. The lowest BCUT2D eigenvalue weighted by Gasteiger charge is -2.15. The molecule has 2 aromatic heterocycles. The number of aromatic nitrogens is 4. The Bertz CT molecular complexity index is 1050. The van der Waals surface area contributed by atoms with Crippen LogP contribution in [0.3, 0.4) is 0 Å². The largest absolute Gasteiger partial charge is 0.495 e. The van der Waals surface area contributed by atoms with Crippen LogP contribution in [0.2, 0.25) is 5.02 Å². The fourth-order valence-corrected chi connectivity index (χ4v) is 3.30. The van der Waals surface area contributed by atoms with Crippen LogP contribution in [0.25, 0.3) is 0 Å². The summed E-state index contributed by atoms with van der Waals surface area (Å²) in [5.41, 5.74) is 1.08. The van der Waals surface area contributed by atoms with E-state index >= 15 is 0 Å². The van der Waals surface area contributed by atoms with Crippen molar-refractivity contribution in [1.29, 1.82) is 0 Å². The Morgan fingerprint density at radius 3 is 2.55 bits per heavy atom. The maximum absolute atomic E-state index is 13.0. The zero-order chi connectivity index (χ0) is 22.2. The average molecular weight is 461 g/mol. The number of anilines is 1. The van der Waals surface area contributed by atoms with Crippen LogP contribution in [0, 0.1) is 0 Å². The molecule has 2 heterocycles. The van der Waals surface area contributed by atoms with Crippen molar-refractivity contribution in [1.82, 2.24) is 25.3 Å². The van der Waals surface area contributed by atoms with E-state index in [0.717, 1.165) is 5.56 Å². The lowest BCUT2D eigenvalue weighted by Crippen LogP contribution is -2.26. The van der Waals surface area contributed by atoms with Gasteiger partial charge in [0.25, 0.3) is 5.91 Å². The third-order valence-corrected chi connectivity index (χ3v) is 5.00. The minimum atomic E-state index is -0.410. The van der Waals surface area contributed by atoms with Gasteiger partial charge in [0.1, 0.15) is 23.0 Å². The molecule has 0 aliphatic rings. The Morgan fingerprint density at radius 1 is 1.13 bits per heavy atom. The van der Waals surface area contributed by atoms with Gasteiger partial charge in [0.15, 0.2) is 5.16 Å². The standard InChI is InChI=1S/C20H21ClN6O3S/c1-29-14-6-5-12(9-13(14)21)10-24-17-16(19(30-2)27-20(26-17)31-3)18(28)25-11-15-22-7-4-8-23-15/h4-9H,10-11H2,1-3H3,(H,25,28)(H,24,26,27). The first-order chi connectivity index (χ1) is 15.0. The van der Waals surface area contributed by atoms with Crippen molar-refractivity contribution in [2.45, 2.75) is 18.2 Å². The topological polar surface area (TPSA) is 111 Å². The maximum Gasteiger partial charge on any atom is 0.260 e. The molecule has 0 atom stereocenters. The molecular weight excluding hydrogens is 440 g/mol. The van der Waals surface area contributed by atoms with Crippen molar-refractivity contribution in [3.63, 3.8) is 0 Å². The first kappa shape index (κ1) is 22.6. The van der Waals surface area contributed by atoms with Gasteiger partial charge in [-0.1, -0.05) is 29.4 Å². The van der Waals surface area contributed by atoms with Crippen molar-refractivity contribution in [3.8, 4) is 11.6 Å². The van der Waals surface area contributed by atoms with E-state index in [-0.39, 0.29) is 18.0 Å². The Kier molecular flexibility index (Phi) is 7.85. The number of benzene rings is 1. The van der Waals surface area contributed by atoms with Gasteiger partial charge in [-0.25, -0.2) is 15.0 Å². The predicted molar refractivity (Wildman–Crippen MR) is 119 cm³/mol. The molecule has 3 aromatic rings. The molecule has 9 nitrogen and oxygen atoms in total. The third-order valence-electron chi connectivity index (χ3n) is 4.16. The van der Waals surface area contributed by atoms with E-state index in [0.29, 0.717) is 34.1 Å². The number of halogens is 1. The van der Waals surface area contributed by atoms with Crippen LogP contribution in [-0.2, 0) is 13.1 Å². The van der Waals surface area contributed by atoms with Crippen LogP contribution < -0.4 is 20.1 Å². The van der Waals surface area contributed by atoms with Crippen LogP contribution >= 0.6 is 23.4 Å². The van der Waals surface area contributed by atoms with Gasteiger partial charge >= 0.3 is 0 Å². The first-order valence-electron chi connectivity index (χ1n) is 9.16. The second kappa shape index (κ2) is 10.8. The molecular formula is C20H21ClN6O3S. The van der Waals surface area contributed by atoms with Gasteiger partial charge in [0, 0.05) is 18.9 Å². The van der Waals surface area contributed by atoms with Crippen LogP contribution in [0.15, 0.2) is 41.8 Å². The number of methoxy groups -OCH3 is 2. The average Bonchev–Trinajstić information content (AvgIpc) is 2.81. The van der Waals surface area contributed by atoms with E-state index < -0.39 is 5.91 Å². The summed E-state index contributed by atoms with van der Waals surface area (Å²) < 4.78 is 10.6. The highest BCUT2D eigenvalue weighted by Crippen LogP contribution is 2.28. The fourth-order valence-electron chi connectivity index (χ4n) is 2.67. The minimum absolute atomic E-state index is 0.153. The quantitative estimate of drug-likeness (QED) is 0.367. The van der Waals surface area contributed by atoms with Gasteiger partial charge in [0.05, 0.1) is 25.8 Å². The normalized spacial score (nSPS) is 10.5. The monoisotopic (exact) mass is 460 g/mol. The summed E-state index contributed by atoms with van der Waals surface area (Å²) in [6, 6.07) is 7.14. The van der Waals surface area contributed by atoms with Crippen molar-refractivity contribution in [2.75, 3.05) is 25.8 Å². The van der Waals surface area contributed by atoms with E-state index in [1.54, 1.807) is 37.7 Å². The molecule has 0 aliphatic carbocycles. The number of carbonyl (C=O) groups excluding carboxylic acids is 1. The third kappa shape index (κ3) is 5.74. The number of thioether (sulfide) groups is 1. The lowest BCUT2D eigenvalue weighted by atomic mass is 10.2.